The van der Waals surface area contributed by atoms with E-state index in [-0.39, 0.29) is 0 Å². The number of aromatic nitrogens is 2. The molecule has 0 fully saturated rings. The summed E-state index contributed by atoms with van der Waals surface area (Å²) < 4.78 is 39.6. The number of halogens is 3. The average Bonchev–Trinajstić information content (AvgIpc) is 3.05. The zero-order chi connectivity index (χ0) is 18.4. The van der Waals surface area contributed by atoms with Gasteiger partial charge in [-0.2, -0.15) is 18.3 Å². The average molecular weight is 365 g/mol. The molecule has 132 valence electrons. The van der Waals surface area contributed by atoms with Crippen LogP contribution >= 0.6 is 11.8 Å². The van der Waals surface area contributed by atoms with Crippen LogP contribution in [0.1, 0.15) is 19.4 Å². The van der Waals surface area contributed by atoms with Gasteiger partial charge in [-0.05, 0) is 43.2 Å². The van der Waals surface area contributed by atoms with E-state index < -0.39 is 11.7 Å². The second kappa shape index (κ2) is 8.20. The fourth-order valence-electron chi connectivity index (χ4n) is 2.20. The number of alkyl halides is 3. The summed E-state index contributed by atoms with van der Waals surface area (Å²) in [6, 6.07) is 4.99. The van der Waals surface area contributed by atoms with Crippen LogP contribution in [0.4, 0.5) is 13.2 Å². The number of aliphatic imine (C=N–C) groups is 1. The molecular formula is C18H18F3N3S. The van der Waals surface area contributed by atoms with E-state index in [1.165, 1.54) is 12.1 Å². The predicted octanol–water partition coefficient (Wildman–Crippen LogP) is 5.72. The van der Waals surface area contributed by atoms with Crippen LogP contribution in [0.3, 0.4) is 0 Å². The van der Waals surface area contributed by atoms with Gasteiger partial charge in [-0.25, -0.2) is 9.67 Å². The minimum absolute atomic E-state index is 0.586. The Bertz CT molecular complexity index is 787. The van der Waals surface area contributed by atoms with E-state index in [4.69, 9.17) is 0 Å². The topological polar surface area (TPSA) is 30.2 Å². The summed E-state index contributed by atoms with van der Waals surface area (Å²) in [6.07, 6.45) is 2.81. The molecule has 0 radical (unpaired) electrons. The van der Waals surface area contributed by atoms with Gasteiger partial charge in [0.15, 0.2) is 5.82 Å². The Labute approximate surface area is 149 Å². The Morgan fingerprint density at radius 2 is 1.96 bits per heavy atom. The van der Waals surface area contributed by atoms with Crippen molar-refractivity contribution in [1.82, 2.24) is 9.78 Å². The van der Waals surface area contributed by atoms with Gasteiger partial charge in [0.2, 0.25) is 0 Å². The van der Waals surface area contributed by atoms with Crippen molar-refractivity contribution in [2.24, 2.45) is 4.99 Å². The molecule has 0 aliphatic carbocycles. The first-order valence-electron chi connectivity index (χ1n) is 7.59. The molecule has 0 saturated carbocycles. The Balaban J connectivity index is 2.38. The zero-order valence-corrected chi connectivity index (χ0v) is 14.7. The van der Waals surface area contributed by atoms with Crippen molar-refractivity contribution in [3.8, 4) is 11.1 Å². The lowest BCUT2D eigenvalue weighted by Crippen LogP contribution is -2.03. The molecular weight excluding hydrogens is 347 g/mol. The zero-order valence-electron chi connectivity index (χ0n) is 13.9. The highest BCUT2D eigenvalue weighted by Gasteiger charge is 2.30. The fraction of sp³-hybridized carbons (Fsp3) is 0.222. The fourth-order valence-corrected chi connectivity index (χ4v) is 3.03. The van der Waals surface area contributed by atoms with E-state index in [1.807, 2.05) is 26.0 Å². The van der Waals surface area contributed by atoms with Crippen LogP contribution in [0.5, 0.6) is 0 Å². The van der Waals surface area contributed by atoms with Crippen LogP contribution < -0.4 is 0 Å². The molecule has 0 spiro atoms. The third-order valence-corrected chi connectivity index (χ3v) is 4.25. The van der Waals surface area contributed by atoms with Crippen LogP contribution in [-0.2, 0) is 6.18 Å². The second-order valence-electron chi connectivity index (χ2n) is 5.03. The molecule has 0 amide bonds. The van der Waals surface area contributed by atoms with Crippen LogP contribution in [0.15, 0.2) is 58.7 Å². The Morgan fingerprint density at radius 1 is 1.28 bits per heavy atom. The molecule has 2 aromatic rings. The molecule has 0 saturated heterocycles. The predicted molar refractivity (Wildman–Crippen MR) is 98.4 cm³/mol. The lowest BCUT2D eigenvalue weighted by atomic mass is 10.1. The Kier molecular flexibility index (Phi) is 6.25. The second-order valence-corrected chi connectivity index (χ2v) is 6.33. The summed E-state index contributed by atoms with van der Waals surface area (Å²) >= 11 is 1.61. The molecule has 25 heavy (non-hydrogen) atoms. The van der Waals surface area contributed by atoms with Gasteiger partial charge in [0.1, 0.15) is 0 Å². The van der Waals surface area contributed by atoms with Crippen molar-refractivity contribution in [2.45, 2.75) is 20.0 Å². The van der Waals surface area contributed by atoms with Gasteiger partial charge in [0, 0.05) is 11.8 Å². The molecule has 7 heteroatoms. The summed E-state index contributed by atoms with van der Waals surface area (Å²) in [6.45, 7) is 7.55. The number of thioether (sulfide) groups is 1. The van der Waals surface area contributed by atoms with Crippen LogP contribution in [0, 0.1) is 0 Å². The third kappa shape index (κ3) is 4.63. The monoisotopic (exact) mass is 365 g/mol. The van der Waals surface area contributed by atoms with Crippen molar-refractivity contribution in [2.75, 3.05) is 5.75 Å². The van der Waals surface area contributed by atoms with Crippen molar-refractivity contribution in [3.05, 3.63) is 59.3 Å². The Morgan fingerprint density at radius 3 is 2.48 bits per heavy atom. The quantitative estimate of drug-likeness (QED) is 0.484. The van der Waals surface area contributed by atoms with Gasteiger partial charge in [-0.15, -0.1) is 11.8 Å². The lowest BCUT2D eigenvalue weighted by Gasteiger charge is -2.07. The molecule has 0 aliphatic rings. The van der Waals surface area contributed by atoms with Crippen molar-refractivity contribution in [1.29, 1.82) is 0 Å². The lowest BCUT2D eigenvalue weighted by molar-refractivity contribution is -0.137. The summed E-state index contributed by atoms with van der Waals surface area (Å²) in [5.74, 6) is 1.45. The molecule has 0 atom stereocenters. The van der Waals surface area contributed by atoms with Gasteiger partial charge in [0.05, 0.1) is 16.7 Å². The van der Waals surface area contributed by atoms with Crippen LogP contribution in [0.2, 0.25) is 0 Å². The molecule has 0 unspecified atom stereocenters. The van der Waals surface area contributed by atoms with E-state index in [9.17, 15) is 13.2 Å². The number of hydrogen-bond acceptors (Lipinski definition) is 3. The molecule has 1 aromatic carbocycles. The number of hydrogen-bond donors (Lipinski definition) is 0. The molecule has 1 heterocycles. The van der Waals surface area contributed by atoms with E-state index in [0.29, 0.717) is 16.9 Å². The van der Waals surface area contributed by atoms with Crippen LogP contribution in [-0.4, -0.2) is 22.3 Å². The maximum atomic E-state index is 12.7. The number of benzene rings is 1. The highest BCUT2D eigenvalue weighted by atomic mass is 32.2. The van der Waals surface area contributed by atoms with Crippen molar-refractivity contribution in [3.63, 3.8) is 0 Å². The third-order valence-electron chi connectivity index (χ3n) is 3.33. The van der Waals surface area contributed by atoms with E-state index in [0.717, 1.165) is 22.8 Å². The first-order chi connectivity index (χ1) is 11.9. The van der Waals surface area contributed by atoms with Gasteiger partial charge in [0.25, 0.3) is 0 Å². The van der Waals surface area contributed by atoms with Crippen LogP contribution in [0.25, 0.3) is 16.9 Å². The van der Waals surface area contributed by atoms with Gasteiger partial charge in [-0.1, -0.05) is 25.1 Å². The van der Waals surface area contributed by atoms with Crippen molar-refractivity contribution < 1.29 is 13.2 Å². The van der Waals surface area contributed by atoms with E-state index >= 15 is 0 Å². The highest BCUT2D eigenvalue weighted by Crippen LogP contribution is 2.31. The van der Waals surface area contributed by atoms with Crippen molar-refractivity contribution >= 4 is 24.3 Å². The minimum atomic E-state index is -4.34. The maximum absolute atomic E-state index is 12.7. The molecule has 0 bridgehead atoms. The molecule has 2 rings (SSSR count). The number of nitrogens with zero attached hydrogens (tertiary/aromatic N) is 3. The minimum Gasteiger partial charge on any atom is -0.244 e. The number of rotatable bonds is 6. The summed E-state index contributed by atoms with van der Waals surface area (Å²) in [7, 11) is 0. The molecule has 0 aliphatic heterocycles. The molecule has 0 N–H and O–H groups in total. The first kappa shape index (κ1) is 19.1. The standard InChI is InChI=1S/C18H18F3N3S/c1-4-6-16(25-5-2)17(22-3)24-12-14(11-23-24)13-7-9-15(10-8-13)18(19,20)21/h4,6-12H,3,5H2,1-2H3/b6-4-,17-16-. The van der Waals surface area contributed by atoms with Gasteiger partial charge < -0.3 is 0 Å². The summed E-state index contributed by atoms with van der Waals surface area (Å²) in [5.41, 5.74) is 0.682. The smallest absolute Gasteiger partial charge is 0.244 e. The first-order valence-corrected chi connectivity index (χ1v) is 8.58. The largest absolute Gasteiger partial charge is 0.416 e. The summed E-state index contributed by atoms with van der Waals surface area (Å²) in [4.78, 5) is 4.98. The molecule has 3 nitrogen and oxygen atoms in total. The summed E-state index contributed by atoms with van der Waals surface area (Å²) in [5, 5.41) is 4.28. The van der Waals surface area contributed by atoms with E-state index in [2.05, 4.69) is 16.8 Å². The SMILES string of the molecule is C=N/C(=C(\C=C/C)SCC)n1cc(-c2ccc(C(F)(F)F)cc2)cn1. The van der Waals surface area contributed by atoms with E-state index in [1.54, 1.807) is 28.8 Å². The normalized spacial score (nSPS) is 13.2. The van der Waals surface area contributed by atoms with Gasteiger partial charge in [-0.3, -0.25) is 0 Å². The maximum Gasteiger partial charge on any atom is 0.416 e. The molecule has 1 aromatic heterocycles. The van der Waals surface area contributed by atoms with Gasteiger partial charge >= 0.3 is 6.18 Å². The highest BCUT2D eigenvalue weighted by molar-refractivity contribution is 8.03. The number of allylic oxidation sites excluding steroid dienone is 2. The Hall–Kier alpha value is -2.28.